The number of carbonyl (C=O) groups is 2. The Kier molecular flexibility index (Phi) is 7.46. The Morgan fingerprint density at radius 2 is 1.72 bits per heavy atom. The Labute approximate surface area is 110 Å². The first kappa shape index (κ1) is 15.0. The second-order valence-electron chi connectivity index (χ2n) is 4.87. The molecule has 0 aromatic heterocycles. The number of carbonyl (C=O) groups excluding carboxylic acids is 2. The van der Waals surface area contributed by atoms with Crippen LogP contribution in [0.25, 0.3) is 0 Å². The van der Waals surface area contributed by atoms with E-state index in [-0.39, 0.29) is 11.9 Å². The summed E-state index contributed by atoms with van der Waals surface area (Å²) in [5.74, 6) is 0.110. The molecule has 0 spiro atoms. The minimum absolute atomic E-state index is 0.137. The number of rotatable bonds is 7. The summed E-state index contributed by atoms with van der Waals surface area (Å²) in [5, 5.41) is 0. The van der Waals surface area contributed by atoms with Gasteiger partial charge in [-0.25, -0.2) is 0 Å². The Hall–Kier alpha value is -1.06. The van der Waals surface area contributed by atoms with Crippen molar-refractivity contribution >= 4 is 11.9 Å². The molecule has 0 aromatic carbocycles. The zero-order valence-corrected chi connectivity index (χ0v) is 11.5. The summed E-state index contributed by atoms with van der Waals surface area (Å²) in [7, 11) is 0. The maximum absolute atomic E-state index is 11.8. The molecule has 0 N–H and O–H groups in total. The van der Waals surface area contributed by atoms with Crippen LogP contribution in [0.4, 0.5) is 0 Å². The largest absolute Gasteiger partial charge is 0.466 e. The van der Waals surface area contributed by atoms with Crippen molar-refractivity contribution in [3.63, 3.8) is 0 Å². The molecule has 0 aliphatic carbocycles. The van der Waals surface area contributed by atoms with E-state index < -0.39 is 0 Å². The number of nitrogens with zero attached hydrogens (tertiary/aromatic N) is 1. The van der Waals surface area contributed by atoms with Crippen LogP contribution in [0.1, 0.15) is 58.3 Å². The summed E-state index contributed by atoms with van der Waals surface area (Å²) in [5.41, 5.74) is 0. The summed E-state index contributed by atoms with van der Waals surface area (Å²) in [6.45, 7) is 4.31. The molecule has 1 fully saturated rings. The molecule has 1 heterocycles. The molecule has 1 rings (SSSR count). The molecule has 1 amide bonds. The van der Waals surface area contributed by atoms with Gasteiger partial charge in [-0.15, -0.1) is 0 Å². The average molecular weight is 255 g/mol. The monoisotopic (exact) mass is 255 g/mol. The van der Waals surface area contributed by atoms with Crippen LogP contribution < -0.4 is 0 Å². The summed E-state index contributed by atoms with van der Waals surface area (Å²) in [6, 6.07) is 0. The maximum atomic E-state index is 11.8. The van der Waals surface area contributed by atoms with Crippen molar-refractivity contribution in [2.75, 3.05) is 19.7 Å². The van der Waals surface area contributed by atoms with Crippen LogP contribution in [0.2, 0.25) is 0 Å². The Balaban J connectivity index is 2.02. The quantitative estimate of drug-likeness (QED) is 0.519. The number of piperidine rings is 1. The molecule has 0 radical (unpaired) electrons. The molecular formula is C14H25NO3. The number of esters is 1. The molecule has 0 unspecified atom stereocenters. The van der Waals surface area contributed by atoms with E-state index >= 15 is 0 Å². The van der Waals surface area contributed by atoms with Crippen molar-refractivity contribution < 1.29 is 14.3 Å². The fraction of sp³-hybridized carbons (Fsp3) is 0.857. The van der Waals surface area contributed by atoms with Gasteiger partial charge in [0, 0.05) is 25.9 Å². The number of hydrogen-bond donors (Lipinski definition) is 0. The first-order valence-corrected chi connectivity index (χ1v) is 7.17. The third kappa shape index (κ3) is 6.03. The van der Waals surface area contributed by atoms with E-state index in [2.05, 4.69) is 0 Å². The van der Waals surface area contributed by atoms with Crippen molar-refractivity contribution in [1.82, 2.24) is 4.90 Å². The van der Waals surface area contributed by atoms with Gasteiger partial charge in [-0.1, -0.05) is 6.92 Å². The van der Waals surface area contributed by atoms with Gasteiger partial charge < -0.3 is 9.64 Å². The van der Waals surface area contributed by atoms with Crippen LogP contribution in [0.15, 0.2) is 0 Å². The summed E-state index contributed by atoms with van der Waals surface area (Å²) >= 11 is 0. The lowest BCUT2D eigenvalue weighted by molar-refractivity contribution is -0.144. The smallest absolute Gasteiger partial charge is 0.305 e. The van der Waals surface area contributed by atoms with Gasteiger partial charge >= 0.3 is 5.97 Å². The van der Waals surface area contributed by atoms with Gasteiger partial charge in [-0.2, -0.15) is 0 Å². The van der Waals surface area contributed by atoms with E-state index in [1.807, 2.05) is 11.8 Å². The fourth-order valence-corrected chi connectivity index (χ4v) is 2.14. The number of unbranched alkanes of at least 4 members (excludes halogenated alkanes) is 1. The third-order valence-corrected chi connectivity index (χ3v) is 3.20. The van der Waals surface area contributed by atoms with Crippen molar-refractivity contribution in [2.45, 2.75) is 58.3 Å². The van der Waals surface area contributed by atoms with E-state index in [1.54, 1.807) is 0 Å². The van der Waals surface area contributed by atoms with E-state index in [0.29, 0.717) is 19.4 Å². The minimum Gasteiger partial charge on any atom is -0.466 e. The minimum atomic E-state index is -0.137. The summed E-state index contributed by atoms with van der Waals surface area (Å²) in [6.07, 6.45) is 6.92. The van der Waals surface area contributed by atoms with Crippen LogP contribution in [0.3, 0.4) is 0 Å². The Morgan fingerprint density at radius 1 is 1.06 bits per heavy atom. The number of amides is 1. The van der Waals surface area contributed by atoms with Crippen molar-refractivity contribution in [2.24, 2.45) is 0 Å². The standard InChI is InChI=1S/C14H25NO3/c1-2-12-18-14(17)9-5-4-8-13(16)15-10-6-3-7-11-15/h2-12H2,1H3. The first-order valence-electron chi connectivity index (χ1n) is 7.17. The van der Waals surface area contributed by atoms with Crippen LogP contribution in [-0.2, 0) is 14.3 Å². The third-order valence-electron chi connectivity index (χ3n) is 3.20. The van der Waals surface area contributed by atoms with Crippen LogP contribution in [-0.4, -0.2) is 36.5 Å². The second kappa shape index (κ2) is 8.95. The highest BCUT2D eigenvalue weighted by atomic mass is 16.5. The van der Waals surface area contributed by atoms with Gasteiger partial charge in [0.15, 0.2) is 0 Å². The molecule has 1 aliphatic heterocycles. The Morgan fingerprint density at radius 3 is 2.39 bits per heavy atom. The molecule has 4 nitrogen and oxygen atoms in total. The van der Waals surface area contributed by atoms with E-state index in [0.717, 1.165) is 45.2 Å². The molecule has 18 heavy (non-hydrogen) atoms. The van der Waals surface area contributed by atoms with Gasteiger partial charge in [-0.3, -0.25) is 9.59 Å². The van der Waals surface area contributed by atoms with Gasteiger partial charge in [0.05, 0.1) is 6.61 Å². The summed E-state index contributed by atoms with van der Waals surface area (Å²) in [4.78, 5) is 25.0. The number of hydrogen-bond acceptors (Lipinski definition) is 3. The molecule has 1 saturated heterocycles. The lowest BCUT2D eigenvalue weighted by Gasteiger charge is -2.26. The molecule has 104 valence electrons. The highest BCUT2D eigenvalue weighted by Crippen LogP contribution is 2.11. The molecule has 0 bridgehead atoms. The predicted molar refractivity (Wildman–Crippen MR) is 70.1 cm³/mol. The zero-order chi connectivity index (χ0) is 13.2. The predicted octanol–water partition coefficient (Wildman–Crippen LogP) is 2.51. The molecule has 4 heteroatoms. The van der Waals surface area contributed by atoms with Crippen LogP contribution in [0, 0.1) is 0 Å². The molecule has 0 atom stereocenters. The van der Waals surface area contributed by atoms with Gasteiger partial charge in [-0.05, 0) is 38.5 Å². The SMILES string of the molecule is CCCOC(=O)CCCCC(=O)N1CCCCC1. The zero-order valence-electron chi connectivity index (χ0n) is 11.5. The van der Waals surface area contributed by atoms with E-state index in [4.69, 9.17) is 4.74 Å². The highest BCUT2D eigenvalue weighted by Gasteiger charge is 2.15. The topological polar surface area (TPSA) is 46.6 Å². The number of ether oxygens (including phenoxy) is 1. The first-order chi connectivity index (χ1) is 8.74. The van der Waals surface area contributed by atoms with Crippen LogP contribution in [0.5, 0.6) is 0 Å². The number of likely N-dealkylation sites (tertiary alicyclic amines) is 1. The fourth-order valence-electron chi connectivity index (χ4n) is 2.14. The lowest BCUT2D eigenvalue weighted by atomic mass is 10.1. The van der Waals surface area contributed by atoms with E-state index in [9.17, 15) is 9.59 Å². The lowest BCUT2D eigenvalue weighted by Crippen LogP contribution is -2.35. The van der Waals surface area contributed by atoms with Crippen molar-refractivity contribution in [3.8, 4) is 0 Å². The summed E-state index contributed by atoms with van der Waals surface area (Å²) < 4.78 is 4.98. The highest BCUT2D eigenvalue weighted by molar-refractivity contribution is 5.76. The van der Waals surface area contributed by atoms with E-state index in [1.165, 1.54) is 6.42 Å². The molecule has 1 aliphatic rings. The van der Waals surface area contributed by atoms with Crippen molar-refractivity contribution in [3.05, 3.63) is 0 Å². The maximum Gasteiger partial charge on any atom is 0.305 e. The van der Waals surface area contributed by atoms with Crippen LogP contribution >= 0.6 is 0 Å². The normalized spacial score (nSPS) is 15.5. The molecule has 0 saturated carbocycles. The van der Waals surface area contributed by atoms with Gasteiger partial charge in [0.25, 0.3) is 0 Å². The Bertz CT molecular complexity index is 260. The molecular weight excluding hydrogens is 230 g/mol. The average Bonchev–Trinajstić information content (AvgIpc) is 2.42. The molecule has 0 aromatic rings. The van der Waals surface area contributed by atoms with Crippen molar-refractivity contribution in [1.29, 1.82) is 0 Å². The van der Waals surface area contributed by atoms with Gasteiger partial charge in [0.1, 0.15) is 0 Å². The van der Waals surface area contributed by atoms with Gasteiger partial charge in [0.2, 0.25) is 5.91 Å². The second-order valence-corrected chi connectivity index (χ2v) is 4.87.